The molecule has 0 aliphatic carbocycles. The molecule has 1 aromatic heterocycles. The van der Waals surface area contributed by atoms with Crippen LogP contribution in [0.1, 0.15) is 23.0 Å². The molecule has 0 saturated heterocycles. The summed E-state index contributed by atoms with van der Waals surface area (Å²) in [4.78, 5) is 15.1. The highest BCUT2D eigenvalue weighted by molar-refractivity contribution is 5.89. The molecule has 0 spiro atoms. The number of pyridine rings is 1. The summed E-state index contributed by atoms with van der Waals surface area (Å²) in [7, 11) is 1.33. The van der Waals surface area contributed by atoms with Crippen LogP contribution in [0.2, 0.25) is 0 Å². The quantitative estimate of drug-likeness (QED) is 0.558. The van der Waals surface area contributed by atoms with Gasteiger partial charge < -0.3 is 9.47 Å². The van der Waals surface area contributed by atoms with Crippen LogP contribution in [-0.2, 0) is 9.47 Å². The van der Waals surface area contributed by atoms with Gasteiger partial charge in [-0.25, -0.2) is 4.79 Å². The van der Waals surface area contributed by atoms with E-state index in [1.807, 2.05) is 6.92 Å². The SMILES string of the molecule is C=C(OCC)c1ccc(C(=O)OC)cn1. The Morgan fingerprint density at radius 3 is 2.73 bits per heavy atom. The second-order valence-electron chi connectivity index (χ2n) is 2.78. The Morgan fingerprint density at radius 1 is 1.53 bits per heavy atom. The van der Waals surface area contributed by atoms with E-state index in [0.717, 1.165) is 0 Å². The Balaban J connectivity index is 2.80. The van der Waals surface area contributed by atoms with E-state index < -0.39 is 5.97 Å². The number of nitrogens with zero attached hydrogens (tertiary/aromatic N) is 1. The van der Waals surface area contributed by atoms with Crippen LogP contribution >= 0.6 is 0 Å². The number of hydrogen-bond donors (Lipinski definition) is 0. The van der Waals surface area contributed by atoms with Crippen molar-refractivity contribution in [2.75, 3.05) is 13.7 Å². The number of carbonyl (C=O) groups excluding carboxylic acids is 1. The average molecular weight is 207 g/mol. The zero-order chi connectivity index (χ0) is 11.3. The number of ether oxygens (including phenoxy) is 2. The summed E-state index contributed by atoms with van der Waals surface area (Å²) in [6.07, 6.45) is 1.44. The molecule has 0 aliphatic heterocycles. The van der Waals surface area contributed by atoms with Crippen molar-refractivity contribution >= 4 is 11.7 Å². The van der Waals surface area contributed by atoms with Gasteiger partial charge in [0.2, 0.25) is 0 Å². The van der Waals surface area contributed by atoms with E-state index in [4.69, 9.17) is 4.74 Å². The van der Waals surface area contributed by atoms with Crippen LogP contribution in [0, 0.1) is 0 Å². The zero-order valence-corrected chi connectivity index (χ0v) is 8.82. The average Bonchev–Trinajstić information content (AvgIpc) is 2.28. The Morgan fingerprint density at radius 2 is 2.27 bits per heavy atom. The summed E-state index contributed by atoms with van der Waals surface area (Å²) in [5.74, 6) is 0.0880. The fourth-order valence-corrected chi connectivity index (χ4v) is 1.05. The lowest BCUT2D eigenvalue weighted by Crippen LogP contribution is -2.02. The van der Waals surface area contributed by atoms with Gasteiger partial charge in [0, 0.05) is 6.20 Å². The second-order valence-corrected chi connectivity index (χ2v) is 2.78. The van der Waals surface area contributed by atoms with Crippen LogP contribution in [0.15, 0.2) is 24.9 Å². The molecule has 0 fully saturated rings. The third-order valence-electron chi connectivity index (χ3n) is 1.79. The first-order chi connectivity index (χ1) is 7.19. The third-order valence-corrected chi connectivity index (χ3v) is 1.79. The molecule has 0 atom stereocenters. The molecule has 0 amide bonds. The summed E-state index contributed by atoms with van der Waals surface area (Å²) in [6, 6.07) is 3.29. The molecule has 0 bridgehead atoms. The molecule has 1 rings (SSSR count). The van der Waals surface area contributed by atoms with Crippen molar-refractivity contribution in [3.8, 4) is 0 Å². The van der Waals surface area contributed by atoms with Gasteiger partial charge in [0.1, 0.15) is 11.5 Å². The van der Waals surface area contributed by atoms with Gasteiger partial charge in [-0.05, 0) is 19.1 Å². The fourth-order valence-electron chi connectivity index (χ4n) is 1.05. The van der Waals surface area contributed by atoms with Gasteiger partial charge >= 0.3 is 5.97 Å². The van der Waals surface area contributed by atoms with E-state index in [9.17, 15) is 4.79 Å². The van der Waals surface area contributed by atoms with E-state index in [2.05, 4.69) is 16.3 Å². The van der Waals surface area contributed by atoms with Crippen LogP contribution in [0.4, 0.5) is 0 Å². The van der Waals surface area contributed by atoms with Gasteiger partial charge in [0.25, 0.3) is 0 Å². The highest BCUT2D eigenvalue weighted by Gasteiger charge is 2.06. The molecular weight excluding hydrogens is 194 g/mol. The lowest BCUT2D eigenvalue weighted by Gasteiger charge is -2.06. The van der Waals surface area contributed by atoms with Crippen molar-refractivity contribution < 1.29 is 14.3 Å². The Labute approximate surface area is 88.5 Å². The standard InChI is InChI=1S/C11H13NO3/c1-4-15-8(2)10-6-5-9(7-12-10)11(13)14-3/h5-7H,2,4H2,1,3H3. The normalized spacial score (nSPS) is 9.47. The summed E-state index contributed by atoms with van der Waals surface area (Å²) in [5, 5.41) is 0. The van der Waals surface area contributed by atoms with Crippen molar-refractivity contribution in [1.29, 1.82) is 0 Å². The second kappa shape index (κ2) is 5.14. The van der Waals surface area contributed by atoms with Crippen LogP contribution in [0.25, 0.3) is 5.76 Å². The molecule has 0 aliphatic rings. The molecule has 0 N–H and O–H groups in total. The van der Waals surface area contributed by atoms with Gasteiger partial charge in [-0.2, -0.15) is 0 Å². The topological polar surface area (TPSA) is 48.4 Å². The first kappa shape index (κ1) is 11.2. The van der Waals surface area contributed by atoms with Crippen LogP contribution < -0.4 is 0 Å². The maximum absolute atomic E-state index is 11.1. The molecule has 15 heavy (non-hydrogen) atoms. The Bertz CT molecular complexity index is 357. The first-order valence-electron chi connectivity index (χ1n) is 4.55. The first-order valence-corrected chi connectivity index (χ1v) is 4.55. The van der Waals surface area contributed by atoms with Gasteiger partial charge in [0.05, 0.1) is 19.3 Å². The number of hydrogen-bond acceptors (Lipinski definition) is 4. The third kappa shape index (κ3) is 2.80. The zero-order valence-electron chi connectivity index (χ0n) is 8.82. The summed E-state index contributed by atoms with van der Waals surface area (Å²) in [6.45, 7) is 6.12. The fraction of sp³-hybridized carbons (Fsp3) is 0.273. The largest absolute Gasteiger partial charge is 0.492 e. The maximum atomic E-state index is 11.1. The smallest absolute Gasteiger partial charge is 0.339 e. The highest BCUT2D eigenvalue weighted by atomic mass is 16.5. The molecule has 1 heterocycles. The van der Waals surface area contributed by atoms with Gasteiger partial charge in [-0.15, -0.1) is 0 Å². The number of rotatable bonds is 4. The van der Waals surface area contributed by atoms with Gasteiger partial charge in [-0.1, -0.05) is 6.58 Å². The molecule has 1 aromatic rings. The molecule has 0 radical (unpaired) electrons. The van der Waals surface area contributed by atoms with Gasteiger partial charge in [-0.3, -0.25) is 4.98 Å². The molecule has 0 aromatic carbocycles. The predicted octanol–water partition coefficient (Wildman–Crippen LogP) is 1.88. The molecule has 0 unspecified atom stereocenters. The summed E-state index contributed by atoms with van der Waals surface area (Å²) < 4.78 is 9.73. The lowest BCUT2D eigenvalue weighted by atomic mass is 10.2. The van der Waals surface area contributed by atoms with Crippen molar-refractivity contribution in [3.05, 3.63) is 36.2 Å². The Hall–Kier alpha value is -1.84. The van der Waals surface area contributed by atoms with E-state index in [1.165, 1.54) is 13.3 Å². The summed E-state index contributed by atoms with van der Waals surface area (Å²) in [5.41, 5.74) is 1.02. The van der Waals surface area contributed by atoms with E-state index in [0.29, 0.717) is 23.6 Å². The number of esters is 1. The molecule has 80 valence electrons. The number of aromatic nitrogens is 1. The van der Waals surface area contributed by atoms with Crippen molar-refractivity contribution in [3.63, 3.8) is 0 Å². The van der Waals surface area contributed by atoms with E-state index >= 15 is 0 Å². The van der Waals surface area contributed by atoms with Crippen LogP contribution in [0.5, 0.6) is 0 Å². The monoisotopic (exact) mass is 207 g/mol. The molecule has 0 saturated carbocycles. The molecule has 4 heteroatoms. The van der Waals surface area contributed by atoms with Crippen LogP contribution in [0.3, 0.4) is 0 Å². The number of carbonyl (C=O) groups is 1. The predicted molar refractivity (Wildman–Crippen MR) is 56.2 cm³/mol. The minimum Gasteiger partial charge on any atom is -0.492 e. The minimum atomic E-state index is -0.406. The van der Waals surface area contributed by atoms with Crippen LogP contribution in [-0.4, -0.2) is 24.7 Å². The highest BCUT2D eigenvalue weighted by Crippen LogP contribution is 2.11. The van der Waals surface area contributed by atoms with E-state index in [1.54, 1.807) is 12.1 Å². The molecular formula is C11H13NO3. The maximum Gasteiger partial charge on any atom is 0.339 e. The van der Waals surface area contributed by atoms with Crippen molar-refractivity contribution in [1.82, 2.24) is 4.98 Å². The van der Waals surface area contributed by atoms with E-state index in [-0.39, 0.29) is 0 Å². The van der Waals surface area contributed by atoms with Crippen molar-refractivity contribution in [2.24, 2.45) is 0 Å². The molecule has 4 nitrogen and oxygen atoms in total. The van der Waals surface area contributed by atoms with Gasteiger partial charge in [0.15, 0.2) is 0 Å². The Kier molecular flexibility index (Phi) is 3.85. The lowest BCUT2D eigenvalue weighted by molar-refractivity contribution is 0.0600. The number of methoxy groups -OCH3 is 1. The van der Waals surface area contributed by atoms with Crippen molar-refractivity contribution in [2.45, 2.75) is 6.92 Å². The summed E-state index contributed by atoms with van der Waals surface area (Å²) >= 11 is 0. The minimum absolute atomic E-state index is 0.406.